The molecule has 0 bridgehead atoms. The Bertz CT molecular complexity index is 677. The van der Waals surface area contributed by atoms with Crippen molar-refractivity contribution in [2.75, 3.05) is 23.7 Å². The summed E-state index contributed by atoms with van der Waals surface area (Å²) in [7, 11) is 0. The summed E-state index contributed by atoms with van der Waals surface area (Å²) < 4.78 is 5.90. The molecule has 2 unspecified atom stereocenters. The van der Waals surface area contributed by atoms with Gasteiger partial charge in [0.25, 0.3) is 0 Å². The molecule has 2 aromatic heterocycles. The van der Waals surface area contributed by atoms with E-state index in [1.54, 1.807) is 12.4 Å². The molecule has 0 aliphatic carbocycles. The Morgan fingerprint density at radius 2 is 1.28 bits per heavy atom. The van der Waals surface area contributed by atoms with Crippen molar-refractivity contribution in [2.45, 2.75) is 40.2 Å². The van der Waals surface area contributed by atoms with Crippen LogP contribution < -0.4 is 21.5 Å². The molecule has 25 heavy (non-hydrogen) atoms. The number of ether oxygens (including phenoxy) is 1. The monoisotopic (exact) mass is 344 g/mol. The van der Waals surface area contributed by atoms with Crippen LogP contribution in [-0.2, 0) is 4.74 Å². The van der Waals surface area contributed by atoms with Crippen LogP contribution in [0.25, 0.3) is 0 Å². The quantitative estimate of drug-likeness (QED) is 0.605. The maximum atomic E-state index is 5.90. The number of nitrogens with one attached hydrogen (secondary N) is 4. The molecule has 2 atom stereocenters. The lowest BCUT2D eigenvalue weighted by Crippen LogP contribution is -2.38. The van der Waals surface area contributed by atoms with Crippen molar-refractivity contribution in [2.24, 2.45) is 0 Å². The average molecular weight is 344 g/mol. The van der Waals surface area contributed by atoms with Gasteiger partial charge in [-0.15, -0.1) is 0 Å². The molecule has 0 spiro atoms. The molecule has 9 heteroatoms. The van der Waals surface area contributed by atoms with Crippen LogP contribution in [0.3, 0.4) is 0 Å². The van der Waals surface area contributed by atoms with Gasteiger partial charge in [0.1, 0.15) is 24.1 Å². The van der Waals surface area contributed by atoms with Crippen LogP contribution in [-0.4, -0.2) is 45.5 Å². The molecule has 3 heterocycles. The summed E-state index contributed by atoms with van der Waals surface area (Å²) in [4.78, 5) is 17.5. The van der Waals surface area contributed by atoms with Crippen LogP contribution in [0.1, 0.15) is 22.8 Å². The number of hydrogen-bond acceptors (Lipinski definition) is 9. The van der Waals surface area contributed by atoms with Gasteiger partial charge in [-0.2, -0.15) is 0 Å². The highest BCUT2D eigenvalue weighted by Gasteiger charge is 2.24. The summed E-state index contributed by atoms with van der Waals surface area (Å²) in [6.07, 6.45) is 3.17. The Kier molecular flexibility index (Phi) is 5.37. The molecule has 134 valence electrons. The Morgan fingerprint density at radius 1 is 0.840 bits per heavy atom. The number of anilines is 2. The summed E-state index contributed by atoms with van der Waals surface area (Å²) >= 11 is 0. The number of hydrazine groups is 1. The first-order valence-corrected chi connectivity index (χ1v) is 8.26. The van der Waals surface area contributed by atoms with E-state index in [2.05, 4.69) is 41.4 Å². The highest BCUT2D eigenvalue weighted by Crippen LogP contribution is 2.11. The first-order chi connectivity index (χ1) is 12.0. The second kappa shape index (κ2) is 7.68. The Hall–Kier alpha value is -2.36. The fourth-order valence-corrected chi connectivity index (χ4v) is 2.44. The molecular weight excluding hydrogens is 320 g/mol. The molecule has 0 amide bonds. The van der Waals surface area contributed by atoms with Crippen LogP contribution in [0.2, 0.25) is 0 Å². The largest absolute Gasteiger partial charge is 0.365 e. The van der Waals surface area contributed by atoms with E-state index in [1.165, 1.54) is 0 Å². The van der Waals surface area contributed by atoms with Crippen molar-refractivity contribution < 1.29 is 4.74 Å². The molecule has 0 radical (unpaired) electrons. The van der Waals surface area contributed by atoms with E-state index in [9.17, 15) is 0 Å². The highest BCUT2D eigenvalue weighted by atomic mass is 16.5. The summed E-state index contributed by atoms with van der Waals surface area (Å²) in [6, 6.07) is 0. The predicted octanol–water partition coefficient (Wildman–Crippen LogP) is 0.801. The van der Waals surface area contributed by atoms with E-state index in [0.717, 1.165) is 34.4 Å². The lowest BCUT2D eigenvalue weighted by atomic mass is 10.4. The van der Waals surface area contributed by atoms with Gasteiger partial charge in [-0.25, -0.2) is 20.8 Å². The number of aryl methyl sites for hydroxylation is 4. The zero-order valence-corrected chi connectivity index (χ0v) is 14.9. The molecule has 2 aromatic rings. The van der Waals surface area contributed by atoms with Crippen molar-refractivity contribution >= 4 is 11.6 Å². The fraction of sp³-hybridized carbons (Fsp3) is 0.500. The summed E-state index contributed by atoms with van der Waals surface area (Å²) in [5.41, 5.74) is 9.71. The van der Waals surface area contributed by atoms with Gasteiger partial charge in [-0.05, 0) is 27.7 Å². The van der Waals surface area contributed by atoms with Crippen LogP contribution >= 0.6 is 0 Å². The van der Waals surface area contributed by atoms with Crippen molar-refractivity contribution in [1.29, 1.82) is 0 Å². The maximum absolute atomic E-state index is 5.90. The minimum Gasteiger partial charge on any atom is -0.365 e. The number of hydrogen-bond donors (Lipinski definition) is 4. The van der Waals surface area contributed by atoms with E-state index >= 15 is 0 Å². The molecule has 0 saturated carbocycles. The van der Waals surface area contributed by atoms with Gasteiger partial charge in [-0.1, -0.05) is 0 Å². The fourth-order valence-electron chi connectivity index (χ4n) is 2.44. The minimum atomic E-state index is -0.168. The molecule has 3 rings (SSSR count). The molecule has 1 fully saturated rings. The average Bonchev–Trinajstić information content (AvgIpc) is 3.04. The molecular formula is C16H24N8O. The molecule has 4 N–H and O–H groups in total. The highest BCUT2D eigenvalue weighted by molar-refractivity contribution is 5.40. The maximum Gasteiger partial charge on any atom is 0.147 e. The first-order valence-electron chi connectivity index (χ1n) is 8.26. The van der Waals surface area contributed by atoms with Gasteiger partial charge in [0.2, 0.25) is 0 Å². The van der Waals surface area contributed by atoms with Crippen LogP contribution in [0.15, 0.2) is 12.4 Å². The Balaban J connectivity index is 1.47. The number of aromatic nitrogens is 4. The summed E-state index contributed by atoms with van der Waals surface area (Å²) in [6.45, 7) is 8.84. The number of nitrogens with zero attached hydrogens (tertiary/aromatic N) is 4. The van der Waals surface area contributed by atoms with Gasteiger partial charge < -0.3 is 15.4 Å². The predicted molar refractivity (Wildman–Crippen MR) is 94.9 cm³/mol. The van der Waals surface area contributed by atoms with Crippen LogP contribution in [0.4, 0.5) is 11.6 Å². The lowest BCUT2D eigenvalue weighted by Gasteiger charge is -2.15. The third kappa shape index (κ3) is 4.59. The van der Waals surface area contributed by atoms with E-state index in [-0.39, 0.29) is 12.5 Å². The molecule has 9 nitrogen and oxygen atoms in total. The van der Waals surface area contributed by atoms with Gasteiger partial charge in [0, 0.05) is 12.4 Å². The van der Waals surface area contributed by atoms with E-state index < -0.39 is 0 Å². The van der Waals surface area contributed by atoms with E-state index in [1.807, 2.05) is 27.7 Å². The molecule has 0 aromatic carbocycles. The van der Waals surface area contributed by atoms with Crippen LogP contribution in [0.5, 0.6) is 0 Å². The zero-order valence-electron chi connectivity index (χ0n) is 14.9. The Morgan fingerprint density at radius 3 is 1.72 bits per heavy atom. The minimum absolute atomic E-state index is 0.168. The summed E-state index contributed by atoms with van der Waals surface area (Å²) in [5, 5.41) is 6.53. The second-order valence-corrected chi connectivity index (χ2v) is 6.05. The SMILES string of the molecule is Cc1cnc(C)c(NCC2NNC(CNc3nc(C)cnc3C)O2)n1. The third-order valence-electron chi connectivity index (χ3n) is 3.80. The molecule has 1 saturated heterocycles. The Labute approximate surface area is 147 Å². The van der Waals surface area contributed by atoms with Crippen molar-refractivity contribution in [3.63, 3.8) is 0 Å². The van der Waals surface area contributed by atoms with Crippen molar-refractivity contribution in [3.8, 4) is 0 Å². The van der Waals surface area contributed by atoms with Gasteiger partial charge in [-0.3, -0.25) is 9.97 Å². The first kappa shape index (κ1) is 17.5. The van der Waals surface area contributed by atoms with Crippen molar-refractivity contribution in [3.05, 3.63) is 35.2 Å². The topological polar surface area (TPSA) is 109 Å². The normalized spacial score (nSPS) is 19.8. The van der Waals surface area contributed by atoms with Crippen LogP contribution in [0, 0.1) is 27.7 Å². The van der Waals surface area contributed by atoms with E-state index in [0.29, 0.717) is 13.1 Å². The standard InChI is InChI=1S/C16H24N8O/c1-9-5-17-11(3)15(21-9)19-7-13-23-24-14(25-13)8-20-16-12(4)18-6-10(2)22-16/h5-6,13-14,23-24H,7-8H2,1-4H3,(H,19,21)(H,20,22). The zero-order chi connectivity index (χ0) is 17.8. The van der Waals surface area contributed by atoms with Gasteiger partial charge in [0.15, 0.2) is 0 Å². The van der Waals surface area contributed by atoms with Crippen molar-refractivity contribution in [1.82, 2.24) is 30.8 Å². The summed E-state index contributed by atoms with van der Waals surface area (Å²) in [5.74, 6) is 1.55. The number of rotatable bonds is 6. The second-order valence-electron chi connectivity index (χ2n) is 6.05. The third-order valence-corrected chi connectivity index (χ3v) is 3.80. The molecule has 1 aliphatic heterocycles. The van der Waals surface area contributed by atoms with E-state index in [4.69, 9.17) is 4.74 Å². The van der Waals surface area contributed by atoms with Gasteiger partial charge in [0.05, 0.1) is 35.9 Å². The lowest BCUT2D eigenvalue weighted by molar-refractivity contribution is 0.0505. The van der Waals surface area contributed by atoms with Gasteiger partial charge >= 0.3 is 0 Å². The molecule has 1 aliphatic rings. The smallest absolute Gasteiger partial charge is 0.147 e.